The van der Waals surface area contributed by atoms with Gasteiger partial charge < -0.3 is 9.47 Å². The Morgan fingerprint density at radius 1 is 1.08 bits per heavy atom. The van der Waals surface area contributed by atoms with Crippen LogP contribution in [-0.2, 0) is 0 Å². The molecule has 134 valence electrons. The molecule has 25 heavy (non-hydrogen) atoms. The largest absolute Gasteiger partial charge is 0.475 e. The number of nitrogens with zero attached hydrogens (tertiary/aromatic N) is 1. The minimum absolute atomic E-state index is 0.172. The van der Waals surface area contributed by atoms with Crippen molar-refractivity contribution in [3.63, 3.8) is 0 Å². The molecular weight excluding hydrogens is 328 g/mol. The fraction of sp³-hybridized carbons (Fsp3) is 0.316. The Kier molecular flexibility index (Phi) is 6.47. The first-order valence-corrected chi connectivity index (χ1v) is 8.13. The summed E-state index contributed by atoms with van der Waals surface area (Å²) < 4.78 is 37.5. The lowest BCUT2D eigenvalue weighted by Crippen LogP contribution is -2.37. The van der Waals surface area contributed by atoms with Crippen LogP contribution in [0.4, 0.5) is 8.78 Å². The smallest absolute Gasteiger partial charge is 0.347 e. The van der Waals surface area contributed by atoms with Crippen LogP contribution < -0.4 is 9.47 Å². The van der Waals surface area contributed by atoms with Crippen molar-refractivity contribution in [2.45, 2.75) is 27.0 Å². The molecule has 0 fully saturated rings. The van der Waals surface area contributed by atoms with Gasteiger partial charge in [0.2, 0.25) is 0 Å². The van der Waals surface area contributed by atoms with Gasteiger partial charge in [0.25, 0.3) is 0 Å². The molecule has 0 heterocycles. The Morgan fingerprint density at radius 3 is 2.40 bits per heavy atom. The minimum Gasteiger partial charge on any atom is -0.475 e. The number of hydrogen-bond acceptors (Lipinski definition) is 4. The predicted molar refractivity (Wildman–Crippen MR) is 90.8 cm³/mol. The molecule has 2 rings (SSSR count). The number of hydrogen-bond donors (Lipinski definition) is 0. The summed E-state index contributed by atoms with van der Waals surface area (Å²) in [6, 6.07) is 9.34. The third-order valence-corrected chi connectivity index (χ3v) is 3.83. The maximum Gasteiger partial charge on any atom is 0.347 e. The van der Waals surface area contributed by atoms with Crippen LogP contribution >= 0.6 is 0 Å². The number of halogens is 2. The van der Waals surface area contributed by atoms with Gasteiger partial charge in [-0.05, 0) is 44.3 Å². The average Bonchev–Trinajstić information content (AvgIpc) is 2.59. The maximum absolute atomic E-state index is 13.7. The van der Waals surface area contributed by atoms with Gasteiger partial charge in [0.05, 0.1) is 0 Å². The number of ether oxygens (including phenoxy) is 2. The highest BCUT2D eigenvalue weighted by Gasteiger charge is 2.19. The van der Waals surface area contributed by atoms with Crippen molar-refractivity contribution in [3.8, 4) is 11.5 Å². The maximum atomic E-state index is 13.7. The van der Waals surface area contributed by atoms with Gasteiger partial charge in [0.1, 0.15) is 23.4 Å². The SMILES string of the molecule is CCN(CC)C(C)Oc1ccccc1C(=O)Oc1ccc(F)cc1F. The van der Waals surface area contributed by atoms with Crippen molar-refractivity contribution in [2.75, 3.05) is 13.1 Å². The fourth-order valence-corrected chi connectivity index (χ4v) is 2.45. The number of para-hydroxylation sites is 1. The molecule has 0 aliphatic heterocycles. The molecule has 1 atom stereocenters. The Balaban J connectivity index is 2.20. The van der Waals surface area contributed by atoms with Gasteiger partial charge >= 0.3 is 5.97 Å². The zero-order chi connectivity index (χ0) is 18.4. The van der Waals surface area contributed by atoms with Crippen molar-refractivity contribution >= 4 is 5.97 Å². The van der Waals surface area contributed by atoms with Crippen molar-refractivity contribution in [1.29, 1.82) is 0 Å². The number of benzene rings is 2. The van der Waals surface area contributed by atoms with E-state index in [-0.39, 0.29) is 17.5 Å². The van der Waals surface area contributed by atoms with Gasteiger partial charge in [-0.15, -0.1) is 0 Å². The van der Waals surface area contributed by atoms with Gasteiger partial charge in [-0.2, -0.15) is 0 Å². The quantitative estimate of drug-likeness (QED) is 0.426. The predicted octanol–water partition coefficient (Wildman–Crippen LogP) is 4.25. The summed E-state index contributed by atoms with van der Waals surface area (Å²) in [5.74, 6) is -2.45. The summed E-state index contributed by atoms with van der Waals surface area (Å²) in [4.78, 5) is 14.5. The number of carbonyl (C=O) groups is 1. The molecule has 0 saturated heterocycles. The molecule has 0 aromatic heterocycles. The molecule has 0 spiro atoms. The summed E-state index contributed by atoms with van der Waals surface area (Å²) in [5.41, 5.74) is 0.172. The summed E-state index contributed by atoms with van der Waals surface area (Å²) in [7, 11) is 0. The Hall–Kier alpha value is -2.47. The lowest BCUT2D eigenvalue weighted by atomic mass is 10.2. The molecule has 0 amide bonds. The molecular formula is C19H21F2NO3. The van der Waals surface area contributed by atoms with Gasteiger partial charge in [0.15, 0.2) is 11.6 Å². The molecule has 2 aromatic rings. The molecule has 0 radical (unpaired) electrons. The van der Waals surface area contributed by atoms with Crippen LogP contribution in [-0.4, -0.2) is 30.2 Å². The molecule has 4 nitrogen and oxygen atoms in total. The summed E-state index contributed by atoms with van der Waals surface area (Å²) in [5, 5.41) is 0. The van der Waals surface area contributed by atoms with E-state index in [1.807, 2.05) is 20.8 Å². The number of carbonyl (C=O) groups excluding carboxylic acids is 1. The fourth-order valence-electron chi connectivity index (χ4n) is 2.45. The second-order valence-electron chi connectivity index (χ2n) is 5.40. The number of esters is 1. The highest BCUT2D eigenvalue weighted by Crippen LogP contribution is 2.24. The van der Waals surface area contributed by atoms with Gasteiger partial charge in [-0.3, -0.25) is 4.90 Å². The van der Waals surface area contributed by atoms with E-state index >= 15 is 0 Å². The average molecular weight is 349 g/mol. The summed E-state index contributed by atoms with van der Waals surface area (Å²) in [6.07, 6.45) is -0.244. The van der Waals surface area contributed by atoms with Crippen LogP contribution in [0.1, 0.15) is 31.1 Å². The monoisotopic (exact) mass is 349 g/mol. The van der Waals surface area contributed by atoms with Crippen LogP contribution in [0.3, 0.4) is 0 Å². The first kappa shape index (κ1) is 18.9. The molecule has 0 N–H and O–H groups in total. The molecule has 0 saturated carbocycles. The van der Waals surface area contributed by atoms with Crippen molar-refractivity contribution < 1.29 is 23.0 Å². The lowest BCUT2D eigenvalue weighted by molar-refractivity contribution is 0.0456. The normalized spacial score (nSPS) is 12.1. The zero-order valence-corrected chi connectivity index (χ0v) is 14.5. The summed E-state index contributed by atoms with van der Waals surface area (Å²) >= 11 is 0. The van der Waals surface area contributed by atoms with E-state index in [9.17, 15) is 13.6 Å². The molecule has 0 bridgehead atoms. The van der Waals surface area contributed by atoms with E-state index in [2.05, 4.69) is 4.90 Å². The summed E-state index contributed by atoms with van der Waals surface area (Å²) in [6.45, 7) is 7.51. The number of rotatable bonds is 7. The van der Waals surface area contributed by atoms with Gasteiger partial charge in [-0.25, -0.2) is 13.6 Å². The second kappa shape index (κ2) is 8.58. The van der Waals surface area contributed by atoms with Crippen molar-refractivity contribution in [1.82, 2.24) is 4.90 Å². The standard InChI is InChI=1S/C19H21F2NO3/c1-4-22(5-2)13(3)24-17-9-7-6-8-15(17)19(23)25-18-11-10-14(20)12-16(18)21/h6-13H,4-5H2,1-3H3. The van der Waals surface area contributed by atoms with E-state index in [4.69, 9.17) is 9.47 Å². The Bertz CT molecular complexity index is 732. The molecule has 0 aliphatic rings. The molecule has 2 aromatic carbocycles. The second-order valence-corrected chi connectivity index (χ2v) is 5.40. The third-order valence-electron chi connectivity index (χ3n) is 3.83. The van der Waals surface area contributed by atoms with E-state index in [1.165, 1.54) is 6.07 Å². The van der Waals surface area contributed by atoms with Crippen LogP contribution in [0.5, 0.6) is 11.5 Å². The van der Waals surface area contributed by atoms with Crippen LogP contribution in [0, 0.1) is 11.6 Å². The lowest BCUT2D eigenvalue weighted by Gasteiger charge is -2.27. The van der Waals surface area contributed by atoms with E-state index < -0.39 is 17.6 Å². The van der Waals surface area contributed by atoms with Crippen LogP contribution in [0.25, 0.3) is 0 Å². The van der Waals surface area contributed by atoms with Gasteiger partial charge in [0, 0.05) is 6.07 Å². The molecule has 0 aliphatic carbocycles. The van der Waals surface area contributed by atoms with Crippen LogP contribution in [0.2, 0.25) is 0 Å². The van der Waals surface area contributed by atoms with Crippen molar-refractivity contribution in [2.24, 2.45) is 0 Å². The van der Waals surface area contributed by atoms with Gasteiger partial charge in [-0.1, -0.05) is 26.0 Å². The van der Waals surface area contributed by atoms with E-state index in [0.29, 0.717) is 11.8 Å². The highest BCUT2D eigenvalue weighted by molar-refractivity contribution is 5.94. The van der Waals surface area contributed by atoms with E-state index in [0.717, 1.165) is 25.2 Å². The van der Waals surface area contributed by atoms with Crippen LogP contribution in [0.15, 0.2) is 42.5 Å². The highest BCUT2D eigenvalue weighted by atomic mass is 19.1. The first-order valence-electron chi connectivity index (χ1n) is 8.13. The van der Waals surface area contributed by atoms with Crippen molar-refractivity contribution in [3.05, 3.63) is 59.7 Å². The molecule has 1 unspecified atom stereocenters. The molecule has 6 heteroatoms. The van der Waals surface area contributed by atoms with E-state index in [1.54, 1.807) is 18.2 Å². The Labute approximate surface area is 146 Å². The third kappa shape index (κ3) is 4.76. The topological polar surface area (TPSA) is 38.8 Å². The first-order chi connectivity index (χ1) is 12.0. The Morgan fingerprint density at radius 2 is 1.76 bits per heavy atom. The zero-order valence-electron chi connectivity index (χ0n) is 14.5. The minimum atomic E-state index is -0.941.